The van der Waals surface area contributed by atoms with Gasteiger partial charge in [0.05, 0.1) is 29.7 Å². The van der Waals surface area contributed by atoms with Gasteiger partial charge in [-0.3, -0.25) is 9.69 Å². The second kappa shape index (κ2) is 6.35. The van der Waals surface area contributed by atoms with Gasteiger partial charge in [0.2, 0.25) is 5.91 Å². The fourth-order valence-corrected chi connectivity index (χ4v) is 4.88. The molecule has 1 atom stereocenters. The van der Waals surface area contributed by atoms with Crippen molar-refractivity contribution < 1.29 is 14.3 Å². The van der Waals surface area contributed by atoms with Crippen LogP contribution in [-0.4, -0.2) is 59.1 Å². The van der Waals surface area contributed by atoms with Crippen LogP contribution in [0, 0.1) is 6.92 Å². The van der Waals surface area contributed by atoms with Gasteiger partial charge >= 0.3 is 6.09 Å². The molecule has 1 aromatic heterocycles. The number of hydrogen-bond donors (Lipinski definition) is 0. The number of cyclic esters (lactones) is 1. The van der Waals surface area contributed by atoms with Gasteiger partial charge in [0.1, 0.15) is 6.61 Å². The van der Waals surface area contributed by atoms with E-state index >= 15 is 0 Å². The van der Waals surface area contributed by atoms with Crippen molar-refractivity contribution in [2.24, 2.45) is 0 Å². The summed E-state index contributed by atoms with van der Waals surface area (Å²) in [4.78, 5) is 33.7. The largest absolute Gasteiger partial charge is 0.448 e. The molecule has 130 valence electrons. The van der Waals surface area contributed by atoms with Crippen LogP contribution in [0.3, 0.4) is 0 Å². The minimum Gasteiger partial charge on any atom is -0.448 e. The number of likely N-dealkylation sites (tertiary alicyclic amines) is 1. The Morgan fingerprint density at radius 3 is 2.83 bits per heavy atom. The molecule has 24 heavy (non-hydrogen) atoms. The van der Waals surface area contributed by atoms with Crippen LogP contribution in [0.4, 0.5) is 4.79 Å². The summed E-state index contributed by atoms with van der Waals surface area (Å²) < 4.78 is 5.00. The molecule has 2 saturated heterocycles. The van der Waals surface area contributed by atoms with Crippen LogP contribution in [0.1, 0.15) is 47.2 Å². The number of aryl methyl sites for hydroxylation is 1. The van der Waals surface area contributed by atoms with Gasteiger partial charge < -0.3 is 9.64 Å². The van der Waals surface area contributed by atoms with Crippen molar-refractivity contribution in [1.82, 2.24) is 14.8 Å². The fourth-order valence-electron chi connectivity index (χ4n) is 3.65. The minimum atomic E-state index is -0.238. The Balaban J connectivity index is 1.36. The van der Waals surface area contributed by atoms with E-state index in [1.807, 2.05) is 11.8 Å². The third-order valence-corrected chi connectivity index (χ3v) is 6.74. The first-order chi connectivity index (χ1) is 11.6. The summed E-state index contributed by atoms with van der Waals surface area (Å²) in [7, 11) is 0. The maximum absolute atomic E-state index is 12.6. The molecule has 2 amide bonds. The van der Waals surface area contributed by atoms with Gasteiger partial charge in [0.15, 0.2) is 0 Å². The molecular formula is C17H23N3O3S. The van der Waals surface area contributed by atoms with Crippen LogP contribution in [0.15, 0.2) is 0 Å². The zero-order valence-electron chi connectivity index (χ0n) is 14.0. The van der Waals surface area contributed by atoms with E-state index in [0.717, 1.165) is 23.5 Å². The molecule has 1 unspecified atom stereocenters. The maximum atomic E-state index is 12.6. The first-order valence-corrected chi connectivity index (χ1v) is 9.61. The average Bonchev–Trinajstić information content (AvgIpc) is 3.18. The topological polar surface area (TPSA) is 62.7 Å². The molecule has 6 nitrogen and oxygen atoms in total. The molecule has 0 aromatic carbocycles. The molecule has 0 bridgehead atoms. The minimum absolute atomic E-state index is 0.108. The van der Waals surface area contributed by atoms with Gasteiger partial charge in [0.25, 0.3) is 0 Å². The molecule has 0 radical (unpaired) electrons. The Hall–Kier alpha value is -1.63. The van der Waals surface area contributed by atoms with E-state index in [9.17, 15) is 9.59 Å². The molecule has 0 spiro atoms. The number of ether oxygens (including phenoxy) is 1. The van der Waals surface area contributed by atoms with Crippen molar-refractivity contribution in [2.45, 2.75) is 51.0 Å². The number of rotatable bonds is 4. The highest BCUT2D eigenvalue weighted by molar-refractivity contribution is 7.12. The van der Waals surface area contributed by atoms with E-state index in [-0.39, 0.29) is 18.0 Å². The van der Waals surface area contributed by atoms with Crippen LogP contribution < -0.4 is 0 Å². The van der Waals surface area contributed by atoms with Crippen LogP contribution in [0.25, 0.3) is 0 Å². The third kappa shape index (κ3) is 2.90. The van der Waals surface area contributed by atoms with Crippen molar-refractivity contribution >= 4 is 23.3 Å². The first kappa shape index (κ1) is 15.9. The van der Waals surface area contributed by atoms with E-state index < -0.39 is 0 Å². The number of carbonyl (C=O) groups excluding carboxylic acids is 2. The Morgan fingerprint density at radius 1 is 1.33 bits per heavy atom. The van der Waals surface area contributed by atoms with Gasteiger partial charge in [0, 0.05) is 23.9 Å². The second-order valence-electron chi connectivity index (χ2n) is 6.96. The predicted octanol–water partition coefficient (Wildman–Crippen LogP) is 2.31. The highest BCUT2D eigenvalue weighted by Crippen LogP contribution is 2.39. The van der Waals surface area contributed by atoms with E-state index in [1.54, 1.807) is 16.2 Å². The zero-order valence-corrected chi connectivity index (χ0v) is 14.8. The van der Waals surface area contributed by atoms with Crippen LogP contribution >= 0.6 is 11.3 Å². The average molecular weight is 349 g/mol. The van der Waals surface area contributed by atoms with E-state index in [1.165, 1.54) is 24.3 Å². The molecule has 3 heterocycles. The molecule has 0 N–H and O–H groups in total. The summed E-state index contributed by atoms with van der Waals surface area (Å²) in [6.45, 7) is 4.47. The fraction of sp³-hybridized carbons (Fsp3) is 0.706. The molecule has 7 heteroatoms. The van der Waals surface area contributed by atoms with Crippen molar-refractivity contribution in [3.05, 3.63) is 15.6 Å². The molecule has 3 aliphatic rings. The molecule has 3 fully saturated rings. The summed E-state index contributed by atoms with van der Waals surface area (Å²) in [5, 5.41) is 1.21. The molecule has 1 aliphatic carbocycles. The smallest absolute Gasteiger partial charge is 0.410 e. The number of nitrogens with zero attached hydrogens (tertiary/aromatic N) is 3. The third-order valence-electron chi connectivity index (χ3n) is 5.42. The van der Waals surface area contributed by atoms with E-state index in [2.05, 4.69) is 4.98 Å². The van der Waals surface area contributed by atoms with E-state index in [0.29, 0.717) is 32.0 Å². The Labute approximate surface area is 145 Å². The van der Waals surface area contributed by atoms with Crippen LogP contribution in [0.5, 0.6) is 0 Å². The zero-order chi connectivity index (χ0) is 16.7. The number of hydrogen-bond acceptors (Lipinski definition) is 5. The van der Waals surface area contributed by atoms with Gasteiger partial charge in [-0.05, 0) is 26.2 Å². The lowest BCUT2D eigenvalue weighted by atomic mass is 9.86. The summed E-state index contributed by atoms with van der Waals surface area (Å²) >= 11 is 1.71. The normalized spacial score (nSPS) is 24.4. The number of thiazole rings is 1. The highest BCUT2D eigenvalue weighted by atomic mass is 32.1. The summed E-state index contributed by atoms with van der Waals surface area (Å²) in [6.07, 6.45) is 4.81. The van der Waals surface area contributed by atoms with Crippen molar-refractivity contribution in [2.75, 3.05) is 26.2 Å². The second-order valence-corrected chi connectivity index (χ2v) is 8.07. The Morgan fingerprint density at radius 2 is 2.17 bits per heavy atom. The SMILES string of the molecule is Cc1nc(C2CCC2)sc1CC(=O)N1CCC(N2CCOC2=O)C1. The van der Waals surface area contributed by atoms with Crippen molar-refractivity contribution in [3.8, 4) is 0 Å². The lowest BCUT2D eigenvalue weighted by Gasteiger charge is -2.22. The summed E-state index contributed by atoms with van der Waals surface area (Å²) in [6, 6.07) is 0.108. The highest BCUT2D eigenvalue weighted by Gasteiger charge is 2.36. The lowest BCUT2D eigenvalue weighted by Crippen LogP contribution is -2.39. The monoisotopic (exact) mass is 349 g/mol. The molecule has 1 saturated carbocycles. The summed E-state index contributed by atoms with van der Waals surface area (Å²) in [5.74, 6) is 0.770. The number of carbonyl (C=O) groups is 2. The van der Waals surface area contributed by atoms with Gasteiger partial charge in [-0.25, -0.2) is 9.78 Å². The summed E-state index contributed by atoms with van der Waals surface area (Å²) in [5.41, 5.74) is 1.01. The predicted molar refractivity (Wildman–Crippen MR) is 90.2 cm³/mol. The van der Waals surface area contributed by atoms with Crippen LogP contribution in [0.2, 0.25) is 0 Å². The number of aromatic nitrogens is 1. The van der Waals surface area contributed by atoms with E-state index in [4.69, 9.17) is 4.74 Å². The quantitative estimate of drug-likeness (QED) is 0.837. The maximum Gasteiger partial charge on any atom is 0.410 e. The Bertz CT molecular complexity index is 656. The molecule has 1 aromatic rings. The van der Waals surface area contributed by atoms with Crippen molar-refractivity contribution in [1.29, 1.82) is 0 Å². The molecule has 2 aliphatic heterocycles. The van der Waals surface area contributed by atoms with Crippen molar-refractivity contribution in [3.63, 3.8) is 0 Å². The Kier molecular flexibility index (Phi) is 4.20. The van der Waals surface area contributed by atoms with Gasteiger partial charge in [-0.15, -0.1) is 11.3 Å². The lowest BCUT2D eigenvalue weighted by molar-refractivity contribution is -0.129. The molecular weight excluding hydrogens is 326 g/mol. The van der Waals surface area contributed by atoms with Crippen LogP contribution in [-0.2, 0) is 16.0 Å². The number of amides is 2. The molecule has 4 rings (SSSR count). The van der Waals surface area contributed by atoms with Gasteiger partial charge in [-0.2, -0.15) is 0 Å². The first-order valence-electron chi connectivity index (χ1n) is 8.79. The standard InChI is InChI=1S/C17H23N3O3S/c1-11-14(24-16(18-11)12-3-2-4-12)9-15(21)19-6-5-13(10-19)20-7-8-23-17(20)22/h12-13H,2-10H2,1H3. The van der Waals surface area contributed by atoms with Gasteiger partial charge in [-0.1, -0.05) is 6.42 Å².